The molecule has 5 heteroatoms. The van der Waals surface area contributed by atoms with Crippen molar-refractivity contribution in [3.8, 4) is 0 Å². The van der Waals surface area contributed by atoms with Crippen LogP contribution in [0.3, 0.4) is 0 Å². The van der Waals surface area contributed by atoms with Crippen LogP contribution >= 0.6 is 15.9 Å². The molecule has 0 spiro atoms. The van der Waals surface area contributed by atoms with Gasteiger partial charge in [-0.3, -0.25) is 0 Å². The Bertz CT molecular complexity index is 489. The maximum absolute atomic E-state index is 14.2. The molecule has 1 aliphatic heterocycles. The van der Waals surface area contributed by atoms with E-state index in [-0.39, 0.29) is 21.9 Å². The molecule has 2 rings (SSSR count). The lowest BCUT2D eigenvalue weighted by Gasteiger charge is -2.47. The lowest BCUT2D eigenvalue weighted by molar-refractivity contribution is 0.252. The number of rotatable bonds is 3. The van der Waals surface area contributed by atoms with Crippen molar-refractivity contribution in [1.82, 2.24) is 5.32 Å². The van der Waals surface area contributed by atoms with Gasteiger partial charge in [0.05, 0.1) is 10.2 Å². The fourth-order valence-electron chi connectivity index (χ4n) is 2.79. The molecule has 1 unspecified atom stereocenters. The van der Waals surface area contributed by atoms with E-state index >= 15 is 0 Å². The van der Waals surface area contributed by atoms with Gasteiger partial charge in [0.2, 0.25) is 0 Å². The Morgan fingerprint density at radius 3 is 2.55 bits per heavy atom. The van der Waals surface area contributed by atoms with Crippen molar-refractivity contribution in [3.63, 3.8) is 0 Å². The zero-order valence-electron chi connectivity index (χ0n) is 12.1. The minimum absolute atomic E-state index is 0.0253. The van der Waals surface area contributed by atoms with Gasteiger partial charge in [0.25, 0.3) is 0 Å². The molecular weight excluding hydrogens is 326 g/mol. The van der Waals surface area contributed by atoms with Gasteiger partial charge < -0.3 is 10.2 Å². The average Bonchev–Trinajstić information content (AvgIpc) is 2.44. The number of nitrogens with one attached hydrogen (secondary N) is 1. The van der Waals surface area contributed by atoms with Crippen LogP contribution in [-0.4, -0.2) is 24.7 Å². The molecule has 112 valence electrons. The Morgan fingerprint density at radius 2 is 1.95 bits per heavy atom. The third kappa shape index (κ3) is 2.84. The fourth-order valence-corrected chi connectivity index (χ4v) is 3.11. The summed E-state index contributed by atoms with van der Waals surface area (Å²) >= 11 is 3.02. The molecule has 0 bridgehead atoms. The topological polar surface area (TPSA) is 15.3 Å². The van der Waals surface area contributed by atoms with Crippen LogP contribution in [0.4, 0.5) is 14.5 Å². The number of piperazine rings is 1. The number of benzene rings is 1. The van der Waals surface area contributed by atoms with Crippen molar-refractivity contribution < 1.29 is 8.78 Å². The zero-order valence-corrected chi connectivity index (χ0v) is 13.7. The van der Waals surface area contributed by atoms with Crippen molar-refractivity contribution in [2.24, 2.45) is 0 Å². The van der Waals surface area contributed by atoms with Crippen LogP contribution in [0.15, 0.2) is 16.6 Å². The molecule has 2 nitrogen and oxygen atoms in total. The lowest BCUT2D eigenvalue weighted by atomic mass is 9.88. The largest absolute Gasteiger partial charge is 0.363 e. The Hall–Kier alpha value is -0.680. The van der Waals surface area contributed by atoms with Crippen molar-refractivity contribution in [1.29, 1.82) is 0 Å². The first-order chi connectivity index (χ1) is 9.42. The molecule has 0 saturated carbocycles. The minimum Gasteiger partial charge on any atom is -0.363 e. The summed E-state index contributed by atoms with van der Waals surface area (Å²) in [6, 6.07) is 2.63. The first-order valence-corrected chi connectivity index (χ1v) is 7.88. The van der Waals surface area contributed by atoms with Gasteiger partial charge in [0.15, 0.2) is 0 Å². The van der Waals surface area contributed by atoms with Gasteiger partial charge in [-0.25, -0.2) is 8.78 Å². The Morgan fingerprint density at radius 1 is 1.30 bits per heavy atom. The number of hydrogen-bond donors (Lipinski definition) is 1. The van der Waals surface area contributed by atoms with E-state index < -0.39 is 5.82 Å². The highest BCUT2D eigenvalue weighted by molar-refractivity contribution is 9.10. The first kappa shape index (κ1) is 15.7. The zero-order chi connectivity index (χ0) is 14.9. The van der Waals surface area contributed by atoms with Gasteiger partial charge in [-0.15, -0.1) is 0 Å². The van der Waals surface area contributed by atoms with Crippen LogP contribution in [-0.2, 0) is 0 Å². The van der Waals surface area contributed by atoms with E-state index in [1.54, 1.807) is 0 Å². The van der Waals surface area contributed by atoms with E-state index in [0.717, 1.165) is 19.4 Å². The molecule has 1 aromatic rings. The van der Waals surface area contributed by atoms with Crippen LogP contribution < -0.4 is 10.2 Å². The van der Waals surface area contributed by atoms with Crippen molar-refractivity contribution in [3.05, 3.63) is 28.2 Å². The second-order valence-electron chi connectivity index (χ2n) is 5.56. The average molecular weight is 347 g/mol. The highest BCUT2D eigenvalue weighted by Crippen LogP contribution is 2.32. The lowest BCUT2D eigenvalue weighted by Crippen LogP contribution is -2.63. The summed E-state index contributed by atoms with van der Waals surface area (Å²) in [6.07, 6.45) is 1.93. The molecule has 20 heavy (non-hydrogen) atoms. The SMILES string of the molecule is CCC1(CC)CN(c2cc(F)c(Br)cc2F)C(C)CN1. The van der Waals surface area contributed by atoms with Crippen LogP contribution in [0, 0.1) is 11.6 Å². The molecule has 1 heterocycles. The second kappa shape index (κ2) is 5.98. The molecule has 0 amide bonds. The van der Waals surface area contributed by atoms with E-state index in [1.165, 1.54) is 12.1 Å². The maximum Gasteiger partial charge on any atom is 0.147 e. The summed E-state index contributed by atoms with van der Waals surface area (Å²) in [5, 5.41) is 3.56. The minimum atomic E-state index is -0.425. The fraction of sp³-hybridized carbons (Fsp3) is 0.600. The van der Waals surface area contributed by atoms with Crippen LogP contribution in [0.5, 0.6) is 0 Å². The molecule has 0 aromatic heterocycles. The van der Waals surface area contributed by atoms with Gasteiger partial charge in [-0.05, 0) is 41.8 Å². The summed E-state index contributed by atoms with van der Waals surface area (Å²) < 4.78 is 28.1. The monoisotopic (exact) mass is 346 g/mol. The van der Waals surface area contributed by atoms with E-state index in [1.807, 2.05) is 11.8 Å². The number of halogens is 3. The van der Waals surface area contributed by atoms with E-state index in [4.69, 9.17) is 0 Å². The van der Waals surface area contributed by atoms with Gasteiger partial charge in [0.1, 0.15) is 11.6 Å². The smallest absolute Gasteiger partial charge is 0.147 e. The van der Waals surface area contributed by atoms with Crippen molar-refractivity contribution >= 4 is 21.6 Å². The summed E-state index contributed by atoms with van der Waals surface area (Å²) in [5.74, 6) is -0.807. The van der Waals surface area contributed by atoms with Gasteiger partial charge in [0, 0.05) is 30.7 Å². The third-order valence-corrected chi connectivity index (χ3v) is 5.04. The molecule has 1 fully saturated rings. The highest BCUT2D eigenvalue weighted by atomic mass is 79.9. The summed E-state index contributed by atoms with van der Waals surface area (Å²) in [7, 11) is 0. The third-order valence-electron chi connectivity index (χ3n) is 4.43. The first-order valence-electron chi connectivity index (χ1n) is 7.08. The van der Waals surface area contributed by atoms with Crippen LogP contribution in [0.2, 0.25) is 0 Å². The Kier molecular flexibility index (Phi) is 4.69. The quantitative estimate of drug-likeness (QED) is 0.829. The molecule has 1 atom stereocenters. The molecule has 1 aromatic carbocycles. The molecule has 0 aliphatic carbocycles. The summed E-state index contributed by atoms with van der Waals surface area (Å²) in [5.41, 5.74) is 0.327. The summed E-state index contributed by atoms with van der Waals surface area (Å²) in [6.45, 7) is 7.76. The van der Waals surface area contributed by atoms with Crippen molar-refractivity contribution in [2.75, 3.05) is 18.0 Å². The number of anilines is 1. The Balaban J connectivity index is 2.37. The molecule has 1 aliphatic rings. The predicted molar refractivity (Wildman–Crippen MR) is 82.2 cm³/mol. The second-order valence-corrected chi connectivity index (χ2v) is 6.42. The Labute approximate surface area is 127 Å². The highest BCUT2D eigenvalue weighted by Gasteiger charge is 2.36. The predicted octanol–water partition coefficient (Wildman–Crippen LogP) is 4.08. The van der Waals surface area contributed by atoms with E-state index in [0.29, 0.717) is 12.2 Å². The van der Waals surface area contributed by atoms with E-state index in [2.05, 4.69) is 35.1 Å². The van der Waals surface area contributed by atoms with E-state index in [9.17, 15) is 8.78 Å². The van der Waals surface area contributed by atoms with Crippen LogP contribution in [0.25, 0.3) is 0 Å². The maximum atomic E-state index is 14.2. The summed E-state index contributed by atoms with van der Waals surface area (Å²) in [4.78, 5) is 1.98. The normalized spacial score (nSPS) is 22.1. The van der Waals surface area contributed by atoms with Crippen molar-refractivity contribution in [2.45, 2.75) is 45.2 Å². The number of nitrogens with zero attached hydrogens (tertiary/aromatic N) is 1. The van der Waals surface area contributed by atoms with Gasteiger partial charge in [-0.1, -0.05) is 13.8 Å². The standard InChI is InChI=1S/C15H21BrF2N2/c1-4-15(5-2)9-20(10(3)8-19-15)14-7-12(17)11(16)6-13(14)18/h6-7,10,19H,4-5,8-9H2,1-3H3. The number of hydrogen-bond acceptors (Lipinski definition) is 2. The van der Waals surface area contributed by atoms with Crippen LogP contribution in [0.1, 0.15) is 33.6 Å². The van der Waals surface area contributed by atoms with Gasteiger partial charge >= 0.3 is 0 Å². The molecule has 0 radical (unpaired) electrons. The molecule has 1 N–H and O–H groups in total. The molecular formula is C15H21BrF2N2. The molecule has 1 saturated heterocycles. The van der Waals surface area contributed by atoms with Gasteiger partial charge in [-0.2, -0.15) is 0 Å².